The zero-order chi connectivity index (χ0) is 17.9. The molecule has 0 bridgehead atoms. The molecule has 2 rings (SSSR count). The SMILES string of the molecule is CNC(=O)c1ccc(NC(=O)CCN2C(=O)NC(C)(C)C2=O)cc1. The number of hydrogen-bond acceptors (Lipinski definition) is 4. The highest BCUT2D eigenvalue weighted by molar-refractivity contribution is 6.06. The van der Waals surface area contributed by atoms with Crippen molar-refractivity contribution >= 4 is 29.4 Å². The lowest BCUT2D eigenvalue weighted by Crippen LogP contribution is -2.40. The minimum Gasteiger partial charge on any atom is -0.355 e. The molecule has 0 atom stereocenters. The minimum absolute atomic E-state index is 0.00750. The third-order valence-corrected chi connectivity index (χ3v) is 3.66. The predicted octanol–water partition coefficient (Wildman–Crippen LogP) is 0.705. The van der Waals surface area contributed by atoms with E-state index in [4.69, 9.17) is 0 Å². The van der Waals surface area contributed by atoms with E-state index < -0.39 is 11.6 Å². The van der Waals surface area contributed by atoms with Gasteiger partial charge in [-0.2, -0.15) is 0 Å². The van der Waals surface area contributed by atoms with Crippen molar-refractivity contribution in [1.29, 1.82) is 0 Å². The molecule has 5 amide bonds. The van der Waals surface area contributed by atoms with Crippen LogP contribution in [0.25, 0.3) is 0 Å². The highest BCUT2D eigenvalue weighted by atomic mass is 16.2. The summed E-state index contributed by atoms with van der Waals surface area (Å²) in [7, 11) is 1.54. The fourth-order valence-electron chi connectivity index (χ4n) is 2.31. The number of amides is 5. The maximum Gasteiger partial charge on any atom is 0.325 e. The van der Waals surface area contributed by atoms with E-state index in [9.17, 15) is 19.2 Å². The van der Waals surface area contributed by atoms with Crippen LogP contribution >= 0.6 is 0 Å². The molecule has 128 valence electrons. The Bertz CT molecular complexity index is 682. The zero-order valence-corrected chi connectivity index (χ0v) is 13.8. The molecule has 1 aliphatic rings. The monoisotopic (exact) mass is 332 g/mol. The van der Waals surface area contributed by atoms with Crippen LogP contribution in [0.1, 0.15) is 30.6 Å². The van der Waals surface area contributed by atoms with Crippen molar-refractivity contribution in [2.75, 3.05) is 18.9 Å². The Labute approximate surface area is 139 Å². The van der Waals surface area contributed by atoms with E-state index in [-0.39, 0.29) is 30.7 Å². The second kappa shape index (κ2) is 6.69. The standard InChI is InChI=1S/C16H20N4O4/c1-16(2)14(23)20(15(24)19-16)9-8-12(21)18-11-6-4-10(5-7-11)13(22)17-3/h4-7H,8-9H2,1-3H3,(H,17,22)(H,18,21)(H,19,24). The Hall–Kier alpha value is -2.90. The Kier molecular flexibility index (Phi) is 4.87. The van der Waals surface area contributed by atoms with Gasteiger partial charge in [0.25, 0.3) is 11.8 Å². The molecule has 1 heterocycles. The lowest BCUT2D eigenvalue weighted by Gasteiger charge is -2.15. The van der Waals surface area contributed by atoms with E-state index in [0.29, 0.717) is 11.3 Å². The molecule has 8 nitrogen and oxygen atoms in total. The van der Waals surface area contributed by atoms with Crippen LogP contribution in [0, 0.1) is 0 Å². The van der Waals surface area contributed by atoms with Gasteiger partial charge in [-0.25, -0.2) is 4.79 Å². The average molecular weight is 332 g/mol. The number of rotatable bonds is 5. The molecule has 1 aliphatic heterocycles. The van der Waals surface area contributed by atoms with Gasteiger partial charge < -0.3 is 16.0 Å². The molecule has 0 aliphatic carbocycles. The van der Waals surface area contributed by atoms with E-state index in [0.717, 1.165) is 4.90 Å². The Morgan fingerprint density at radius 1 is 1.17 bits per heavy atom. The first kappa shape index (κ1) is 17.5. The van der Waals surface area contributed by atoms with Crippen LogP contribution in [-0.2, 0) is 9.59 Å². The number of carbonyl (C=O) groups excluding carboxylic acids is 4. The highest BCUT2D eigenvalue weighted by Gasteiger charge is 2.43. The molecule has 0 saturated carbocycles. The molecule has 3 N–H and O–H groups in total. The number of hydrogen-bond donors (Lipinski definition) is 3. The fraction of sp³-hybridized carbons (Fsp3) is 0.375. The molecule has 1 aromatic carbocycles. The molecule has 0 spiro atoms. The van der Waals surface area contributed by atoms with E-state index in [2.05, 4.69) is 16.0 Å². The van der Waals surface area contributed by atoms with Gasteiger partial charge in [0, 0.05) is 31.3 Å². The van der Waals surface area contributed by atoms with Crippen LogP contribution in [0.4, 0.5) is 10.5 Å². The van der Waals surface area contributed by atoms with Gasteiger partial charge in [0.15, 0.2) is 0 Å². The van der Waals surface area contributed by atoms with Crippen molar-refractivity contribution < 1.29 is 19.2 Å². The number of nitrogens with zero attached hydrogens (tertiary/aromatic N) is 1. The van der Waals surface area contributed by atoms with Crippen LogP contribution in [0.2, 0.25) is 0 Å². The molecule has 0 radical (unpaired) electrons. The normalized spacial score (nSPS) is 15.9. The molecule has 1 saturated heterocycles. The molecule has 1 fully saturated rings. The molecule has 24 heavy (non-hydrogen) atoms. The molecular formula is C16H20N4O4. The summed E-state index contributed by atoms with van der Waals surface area (Å²) in [5.41, 5.74) is 0.0747. The third-order valence-electron chi connectivity index (χ3n) is 3.66. The number of benzene rings is 1. The van der Waals surface area contributed by atoms with E-state index in [1.807, 2.05) is 0 Å². The summed E-state index contributed by atoms with van der Waals surface area (Å²) in [6.45, 7) is 3.23. The van der Waals surface area contributed by atoms with E-state index in [1.54, 1.807) is 38.1 Å². The van der Waals surface area contributed by atoms with Gasteiger partial charge in [-0.15, -0.1) is 0 Å². The lowest BCUT2D eigenvalue weighted by atomic mass is 10.1. The first-order valence-electron chi connectivity index (χ1n) is 7.50. The summed E-state index contributed by atoms with van der Waals surface area (Å²) >= 11 is 0. The van der Waals surface area contributed by atoms with Crippen molar-refractivity contribution in [3.8, 4) is 0 Å². The summed E-state index contributed by atoms with van der Waals surface area (Å²) in [5.74, 6) is -0.891. The van der Waals surface area contributed by atoms with Crippen LogP contribution in [0.15, 0.2) is 24.3 Å². The van der Waals surface area contributed by atoms with Gasteiger partial charge in [0.05, 0.1) is 0 Å². The largest absolute Gasteiger partial charge is 0.355 e. The molecule has 1 aromatic rings. The quantitative estimate of drug-likeness (QED) is 0.690. The smallest absolute Gasteiger partial charge is 0.325 e. The van der Waals surface area contributed by atoms with Gasteiger partial charge in [-0.1, -0.05) is 0 Å². The van der Waals surface area contributed by atoms with Gasteiger partial charge in [-0.3, -0.25) is 19.3 Å². The molecule has 0 aromatic heterocycles. The molecule has 0 unspecified atom stereocenters. The van der Waals surface area contributed by atoms with Crippen LogP contribution in [-0.4, -0.2) is 47.8 Å². The van der Waals surface area contributed by atoms with Crippen molar-refractivity contribution in [1.82, 2.24) is 15.5 Å². The third kappa shape index (κ3) is 3.70. The minimum atomic E-state index is -0.941. The number of nitrogens with one attached hydrogen (secondary N) is 3. The van der Waals surface area contributed by atoms with E-state index >= 15 is 0 Å². The predicted molar refractivity (Wildman–Crippen MR) is 87.4 cm³/mol. The fourth-order valence-corrected chi connectivity index (χ4v) is 2.31. The Balaban J connectivity index is 1.89. The first-order valence-corrected chi connectivity index (χ1v) is 7.50. The van der Waals surface area contributed by atoms with Crippen LogP contribution in [0.5, 0.6) is 0 Å². The summed E-state index contributed by atoms with van der Waals surface area (Å²) < 4.78 is 0. The summed E-state index contributed by atoms with van der Waals surface area (Å²) in [6, 6.07) is 5.91. The van der Waals surface area contributed by atoms with Gasteiger partial charge in [-0.05, 0) is 38.1 Å². The molecular weight excluding hydrogens is 312 g/mol. The van der Waals surface area contributed by atoms with Crippen molar-refractivity contribution in [2.24, 2.45) is 0 Å². The van der Waals surface area contributed by atoms with Gasteiger partial charge >= 0.3 is 6.03 Å². The Morgan fingerprint density at radius 3 is 2.29 bits per heavy atom. The number of carbonyl (C=O) groups is 4. The van der Waals surface area contributed by atoms with Gasteiger partial charge in [0.2, 0.25) is 5.91 Å². The van der Waals surface area contributed by atoms with Crippen LogP contribution < -0.4 is 16.0 Å². The van der Waals surface area contributed by atoms with Crippen molar-refractivity contribution in [2.45, 2.75) is 25.8 Å². The summed E-state index contributed by atoms with van der Waals surface area (Å²) in [5, 5.41) is 7.72. The van der Waals surface area contributed by atoms with Crippen LogP contribution in [0.3, 0.4) is 0 Å². The van der Waals surface area contributed by atoms with E-state index in [1.165, 1.54) is 7.05 Å². The maximum absolute atomic E-state index is 12.0. The zero-order valence-electron chi connectivity index (χ0n) is 13.8. The number of anilines is 1. The Morgan fingerprint density at radius 2 is 1.79 bits per heavy atom. The highest BCUT2D eigenvalue weighted by Crippen LogP contribution is 2.17. The second-order valence-electron chi connectivity index (χ2n) is 5.97. The van der Waals surface area contributed by atoms with Gasteiger partial charge in [0.1, 0.15) is 5.54 Å². The maximum atomic E-state index is 12.0. The van der Waals surface area contributed by atoms with Crippen molar-refractivity contribution in [3.05, 3.63) is 29.8 Å². The average Bonchev–Trinajstić information content (AvgIpc) is 2.73. The second-order valence-corrected chi connectivity index (χ2v) is 5.97. The summed E-state index contributed by atoms with van der Waals surface area (Å²) in [6.07, 6.45) is -0.00750. The topological polar surface area (TPSA) is 108 Å². The molecule has 8 heteroatoms. The summed E-state index contributed by atoms with van der Waals surface area (Å²) in [4.78, 5) is 48.2. The first-order chi connectivity index (χ1) is 11.2. The number of urea groups is 1. The lowest BCUT2D eigenvalue weighted by molar-refractivity contribution is -0.130. The van der Waals surface area contributed by atoms with Crippen molar-refractivity contribution in [3.63, 3.8) is 0 Å². The number of imide groups is 1.